The molecule has 1 aliphatic heterocycles. The minimum atomic E-state index is -0.441. The van der Waals surface area contributed by atoms with E-state index in [0.29, 0.717) is 39.3 Å². The molecule has 8 nitrogen and oxygen atoms in total. The van der Waals surface area contributed by atoms with Crippen LogP contribution in [0, 0.1) is 30.9 Å². The number of amides is 2. The topological polar surface area (TPSA) is 117 Å². The van der Waals surface area contributed by atoms with E-state index in [9.17, 15) is 19.7 Å². The number of aromatic amines is 1. The second kappa shape index (κ2) is 8.38. The number of aromatic nitrogens is 1. The summed E-state index contributed by atoms with van der Waals surface area (Å²) in [7, 11) is 0. The lowest BCUT2D eigenvalue weighted by Gasteiger charge is -2.15. The van der Waals surface area contributed by atoms with Crippen molar-refractivity contribution in [3.8, 4) is 0 Å². The number of hydrogen-bond donors (Lipinski definition) is 3. The maximum absolute atomic E-state index is 12.9. The molecular formula is C25H24N4O4. The number of aryl methyl sites for hydroxylation is 2. The SMILES string of the molecule is Cc1cccc(C(C)NC(=O)c2ccc3c(c2)/C(=C/c2[nH]c(C)c([N+](=O)[O-])c2C)C(=O)N3)c1. The van der Waals surface area contributed by atoms with Crippen molar-refractivity contribution in [2.75, 3.05) is 5.32 Å². The van der Waals surface area contributed by atoms with Crippen LogP contribution >= 0.6 is 0 Å². The van der Waals surface area contributed by atoms with Gasteiger partial charge in [-0.2, -0.15) is 0 Å². The highest BCUT2D eigenvalue weighted by Gasteiger charge is 2.27. The molecule has 2 heterocycles. The van der Waals surface area contributed by atoms with Crippen molar-refractivity contribution >= 4 is 34.8 Å². The van der Waals surface area contributed by atoms with Crippen LogP contribution in [-0.2, 0) is 4.79 Å². The van der Waals surface area contributed by atoms with E-state index in [1.54, 1.807) is 38.1 Å². The third-order valence-corrected chi connectivity index (χ3v) is 5.86. The fraction of sp³-hybridized carbons (Fsp3) is 0.200. The van der Waals surface area contributed by atoms with E-state index in [-0.39, 0.29) is 23.5 Å². The lowest BCUT2D eigenvalue weighted by Crippen LogP contribution is -2.26. The number of fused-ring (bicyclic) bond motifs is 1. The molecule has 3 aromatic rings. The molecule has 0 fully saturated rings. The first kappa shape index (κ1) is 22.0. The quantitative estimate of drug-likeness (QED) is 0.297. The molecule has 8 heteroatoms. The number of H-pyrrole nitrogens is 1. The Morgan fingerprint density at radius 3 is 2.58 bits per heavy atom. The van der Waals surface area contributed by atoms with Crippen LogP contribution in [0.2, 0.25) is 0 Å². The molecule has 2 amide bonds. The highest BCUT2D eigenvalue weighted by atomic mass is 16.6. The molecule has 0 saturated heterocycles. The summed E-state index contributed by atoms with van der Waals surface area (Å²) in [4.78, 5) is 39.4. The Kier molecular flexibility index (Phi) is 5.59. The second-order valence-electron chi connectivity index (χ2n) is 8.28. The van der Waals surface area contributed by atoms with E-state index in [1.165, 1.54) is 0 Å². The van der Waals surface area contributed by atoms with Crippen molar-refractivity contribution in [1.29, 1.82) is 0 Å². The number of anilines is 1. The van der Waals surface area contributed by atoms with Crippen LogP contribution in [0.5, 0.6) is 0 Å². The average Bonchev–Trinajstić information content (AvgIpc) is 3.22. The Morgan fingerprint density at radius 1 is 1.15 bits per heavy atom. The van der Waals surface area contributed by atoms with Crippen LogP contribution in [0.3, 0.4) is 0 Å². The molecule has 0 radical (unpaired) electrons. The van der Waals surface area contributed by atoms with Crippen molar-refractivity contribution in [2.24, 2.45) is 0 Å². The van der Waals surface area contributed by atoms with Crippen molar-refractivity contribution in [3.63, 3.8) is 0 Å². The van der Waals surface area contributed by atoms with Crippen LogP contribution in [-0.4, -0.2) is 21.7 Å². The van der Waals surface area contributed by atoms with E-state index in [1.807, 2.05) is 38.1 Å². The number of nitrogens with one attached hydrogen (secondary N) is 3. The van der Waals surface area contributed by atoms with Gasteiger partial charge < -0.3 is 15.6 Å². The van der Waals surface area contributed by atoms with Gasteiger partial charge in [0.1, 0.15) is 0 Å². The molecule has 2 aromatic carbocycles. The molecule has 0 aliphatic carbocycles. The molecule has 0 spiro atoms. The van der Waals surface area contributed by atoms with Gasteiger partial charge in [0.25, 0.3) is 17.5 Å². The largest absolute Gasteiger partial charge is 0.353 e. The van der Waals surface area contributed by atoms with Gasteiger partial charge in [0.2, 0.25) is 0 Å². The summed E-state index contributed by atoms with van der Waals surface area (Å²) >= 11 is 0. The lowest BCUT2D eigenvalue weighted by atomic mass is 10.0. The summed E-state index contributed by atoms with van der Waals surface area (Å²) < 4.78 is 0. The summed E-state index contributed by atoms with van der Waals surface area (Å²) in [5.74, 6) is -0.585. The summed E-state index contributed by atoms with van der Waals surface area (Å²) in [6, 6.07) is 12.8. The van der Waals surface area contributed by atoms with Gasteiger partial charge in [0.15, 0.2) is 0 Å². The van der Waals surface area contributed by atoms with Gasteiger partial charge in [0, 0.05) is 22.5 Å². The van der Waals surface area contributed by atoms with Crippen molar-refractivity contribution in [2.45, 2.75) is 33.7 Å². The van der Waals surface area contributed by atoms with Crippen LogP contribution in [0.15, 0.2) is 42.5 Å². The monoisotopic (exact) mass is 444 g/mol. The zero-order valence-corrected chi connectivity index (χ0v) is 18.8. The molecule has 33 heavy (non-hydrogen) atoms. The molecule has 1 aromatic heterocycles. The minimum Gasteiger partial charge on any atom is -0.353 e. The van der Waals surface area contributed by atoms with Gasteiger partial charge in [0.05, 0.1) is 27.8 Å². The summed E-state index contributed by atoms with van der Waals surface area (Å²) in [6.07, 6.45) is 1.59. The number of nitrogens with zero attached hydrogens (tertiary/aromatic N) is 1. The number of carbonyl (C=O) groups excluding carboxylic acids is 2. The number of rotatable bonds is 5. The van der Waals surface area contributed by atoms with Crippen molar-refractivity contribution in [3.05, 3.63) is 91.8 Å². The molecule has 1 unspecified atom stereocenters. The van der Waals surface area contributed by atoms with E-state index < -0.39 is 4.92 Å². The average molecular weight is 444 g/mol. The van der Waals surface area contributed by atoms with Gasteiger partial charge in [-0.1, -0.05) is 29.8 Å². The fourth-order valence-electron chi connectivity index (χ4n) is 4.10. The maximum atomic E-state index is 12.9. The fourth-order valence-corrected chi connectivity index (χ4v) is 4.10. The molecule has 1 aliphatic rings. The van der Waals surface area contributed by atoms with E-state index >= 15 is 0 Å². The van der Waals surface area contributed by atoms with Crippen LogP contribution in [0.4, 0.5) is 11.4 Å². The van der Waals surface area contributed by atoms with Gasteiger partial charge in [-0.3, -0.25) is 19.7 Å². The number of carbonyl (C=O) groups is 2. The predicted molar refractivity (Wildman–Crippen MR) is 127 cm³/mol. The van der Waals surface area contributed by atoms with E-state index in [4.69, 9.17) is 0 Å². The third-order valence-electron chi connectivity index (χ3n) is 5.86. The second-order valence-corrected chi connectivity index (χ2v) is 8.28. The molecule has 0 saturated carbocycles. The molecule has 4 rings (SSSR count). The molecule has 0 bridgehead atoms. The molecular weight excluding hydrogens is 420 g/mol. The Bertz CT molecular complexity index is 1340. The minimum absolute atomic E-state index is 0.00116. The zero-order valence-electron chi connectivity index (χ0n) is 18.8. The summed E-state index contributed by atoms with van der Waals surface area (Å²) in [5, 5.41) is 17.1. The summed E-state index contributed by atoms with van der Waals surface area (Å²) in [6.45, 7) is 7.17. The number of benzene rings is 2. The predicted octanol–water partition coefficient (Wildman–Crippen LogP) is 4.83. The van der Waals surface area contributed by atoms with E-state index in [2.05, 4.69) is 15.6 Å². The van der Waals surface area contributed by atoms with Crippen LogP contribution < -0.4 is 10.6 Å². The van der Waals surface area contributed by atoms with Gasteiger partial charge >= 0.3 is 0 Å². The Labute approximate surface area is 190 Å². The van der Waals surface area contributed by atoms with Gasteiger partial charge in [-0.15, -0.1) is 0 Å². The highest BCUT2D eigenvalue weighted by Crippen LogP contribution is 2.36. The van der Waals surface area contributed by atoms with Crippen LogP contribution in [0.1, 0.15) is 57.0 Å². The Balaban J connectivity index is 1.65. The normalized spacial score (nSPS) is 14.7. The first-order valence-corrected chi connectivity index (χ1v) is 10.5. The molecule has 1 atom stereocenters. The lowest BCUT2D eigenvalue weighted by molar-refractivity contribution is -0.385. The summed E-state index contributed by atoms with van der Waals surface area (Å²) in [5.41, 5.74) is 5.38. The smallest absolute Gasteiger partial charge is 0.293 e. The van der Waals surface area contributed by atoms with E-state index in [0.717, 1.165) is 11.1 Å². The zero-order chi connectivity index (χ0) is 23.9. The van der Waals surface area contributed by atoms with Crippen molar-refractivity contribution in [1.82, 2.24) is 10.3 Å². The highest BCUT2D eigenvalue weighted by molar-refractivity contribution is 6.35. The van der Waals surface area contributed by atoms with Crippen molar-refractivity contribution < 1.29 is 14.5 Å². The Morgan fingerprint density at radius 2 is 1.91 bits per heavy atom. The number of hydrogen-bond acceptors (Lipinski definition) is 4. The van der Waals surface area contributed by atoms with Gasteiger partial charge in [-0.05, 0) is 57.5 Å². The number of nitro groups is 1. The Hall–Kier alpha value is -4.20. The maximum Gasteiger partial charge on any atom is 0.293 e. The molecule has 3 N–H and O–H groups in total. The van der Waals surface area contributed by atoms with Gasteiger partial charge in [-0.25, -0.2) is 0 Å². The third kappa shape index (κ3) is 4.15. The first-order valence-electron chi connectivity index (χ1n) is 10.5. The first-order chi connectivity index (χ1) is 15.7. The standard InChI is InChI=1S/C25H24N4O4/c1-13-6-5-7-17(10-13)15(3)27-24(30)18-8-9-21-19(11-18)20(25(31)28-21)12-22-14(2)23(29(32)33)16(4)26-22/h5-12,15,26H,1-4H3,(H,27,30)(H,28,31)/b20-12-. The van der Waals surface area contributed by atoms with Crippen LogP contribution in [0.25, 0.3) is 11.6 Å². The molecule has 168 valence electrons.